The predicted octanol–water partition coefficient (Wildman–Crippen LogP) is 4.30. The lowest BCUT2D eigenvalue weighted by Crippen LogP contribution is -2.28. The molecular weight excluding hydrogens is 244 g/mol. The first-order chi connectivity index (χ1) is 9.43. The average Bonchev–Trinajstić information content (AvgIpc) is 2.60. The van der Waals surface area contributed by atoms with Crippen LogP contribution in [-0.2, 0) is 0 Å². The van der Waals surface area contributed by atoms with Crippen molar-refractivity contribution in [2.45, 2.75) is 79.2 Å². The molecule has 2 unspecified atom stereocenters. The van der Waals surface area contributed by atoms with Gasteiger partial charge in [-0.2, -0.15) is 0 Å². The van der Waals surface area contributed by atoms with E-state index >= 15 is 0 Å². The van der Waals surface area contributed by atoms with E-state index in [0.717, 1.165) is 12.5 Å². The van der Waals surface area contributed by atoms with Crippen LogP contribution >= 0.6 is 0 Å². The summed E-state index contributed by atoms with van der Waals surface area (Å²) in [6, 6.07) is 0.689. The van der Waals surface area contributed by atoms with Gasteiger partial charge in [-0.15, -0.1) is 0 Å². The van der Waals surface area contributed by atoms with Crippen LogP contribution in [0.2, 0.25) is 0 Å². The van der Waals surface area contributed by atoms with Crippen molar-refractivity contribution in [3.63, 3.8) is 0 Å². The highest BCUT2D eigenvalue weighted by Crippen LogP contribution is 2.34. The SMILES string of the molecule is CCNC(C)CCCCN1CCCC(C(C)(C)C)CC1. The third kappa shape index (κ3) is 7.08. The monoisotopic (exact) mass is 282 g/mol. The van der Waals surface area contributed by atoms with Gasteiger partial charge in [-0.25, -0.2) is 0 Å². The number of nitrogens with zero attached hydrogens (tertiary/aromatic N) is 1. The van der Waals surface area contributed by atoms with Gasteiger partial charge >= 0.3 is 0 Å². The molecule has 1 fully saturated rings. The Morgan fingerprint density at radius 3 is 2.55 bits per heavy atom. The van der Waals surface area contributed by atoms with E-state index in [1.165, 1.54) is 58.2 Å². The molecule has 1 N–H and O–H groups in total. The fraction of sp³-hybridized carbons (Fsp3) is 1.00. The van der Waals surface area contributed by atoms with Crippen LogP contribution in [0.5, 0.6) is 0 Å². The Balaban J connectivity index is 2.16. The van der Waals surface area contributed by atoms with Crippen LogP contribution in [0.1, 0.15) is 73.1 Å². The van der Waals surface area contributed by atoms with Crippen LogP contribution in [-0.4, -0.2) is 37.1 Å². The second kappa shape index (κ2) is 9.04. The molecule has 1 heterocycles. The molecule has 1 saturated heterocycles. The fourth-order valence-electron chi connectivity index (χ4n) is 3.48. The van der Waals surface area contributed by atoms with E-state index in [2.05, 4.69) is 44.8 Å². The van der Waals surface area contributed by atoms with Crippen LogP contribution in [0.3, 0.4) is 0 Å². The summed E-state index contributed by atoms with van der Waals surface area (Å²) in [4.78, 5) is 2.71. The zero-order valence-electron chi connectivity index (χ0n) is 14.7. The Morgan fingerprint density at radius 2 is 1.90 bits per heavy atom. The minimum absolute atomic E-state index is 0.497. The van der Waals surface area contributed by atoms with E-state index in [4.69, 9.17) is 0 Å². The van der Waals surface area contributed by atoms with Gasteiger partial charge in [-0.1, -0.05) is 34.1 Å². The quantitative estimate of drug-likeness (QED) is 0.700. The molecule has 1 rings (SSSR count). The van der Waals surface area contributed by atoms with E-state index in [1.807, 2.05) is 0 Å². The van der Waals surface area contributed by atoms with Gasteiger partial charge in [0.25, 0.3) is 0 Å². The summed E-state index contributed by atoms with van der Waals surface area (Å²) < 4.78 is 0. The van der Waals surface area contributed by atoms with Crippen molar-refractivity contribution in [3.8, 4) is 0 Å². The Hall–Kier alpha value is -0.0800. The van der Waals surface area contributed by atoms with E-state index in [1.54, 1.807) is 0 Å². The zero-order valence-corrected chi connectivity index (χ0v) is 14.7. The molecule has 2 heteroatoms. The first-order valence-corrected chi connectivity index (χ1v) is 8.89. The standard InChI is InChI=1S/C18H38N2/c1-6-19-16(2)10-7-8-13-20-14-9-11-17(12-15-20)18(3,4)5/h16-17,19H,6-15H2,1-5H3. The molecule has 2 atom stereocenters. The number of likely N-dealkylation sites (tertiary alicyclic amines) is 1. The molecular formula is C18H38N2. The molecule has 0 amide bonds. The van der Waals surface area contributed by atoms with Crippen LogP contribution in [0.4, 0.5) is 0 Å². The van der Waals surface area contributed by atoms with Gasteiger partial charge in [-0.05, 0) is 76.5 Å². The number of hydrogen-bond acceptors (Lipinski definition) is 2. The summed E-state index contributed by atoms with van der Waals surface area (Å²) in [7, 11) is 0. The third-order valence-electron chi connectivity index (χ3n) is 4.96. The largest absolute Gasteiger partial charge is 0.315 e. The summed E-state index contributed by atoms with van der Waals surface area (Å²) in [5.41, 5.74) is 0.497. The maximum Gasteiger partial charge on any atom is 0.00386 e. The third-order valence-corrected chi connectivity index (χ3v) is 4.96. The summed E-state index contributed by atoms with van der Waals surface area (Å²) in [6.45, 7) is 16.8. The molecule has 0 aromatic carbocycles. The molecule has 0 bridgehead atoms. The predicted molar refractivity (Wildman–Crippen MR) is 90.2 cm³/mol. The summed E-state index contributed by atoms with van der Waals surface area (Å²) in [6.07, 6.45) is 8.29. The van der Waals surface area contributed by atoms with Crippen LogP contribution < -0.4 is 5.32 Å². The highest BCUT2D eigenvalue weighted by molar-refractivity contribution is 4.78. The summed E-state index contributed by atoms with van der Waals surface area (Å²) in [5.74, 6) is 0.918. The smallest absolute Gasteiger partial charge is 0.00386 e. The second-order valence-corrected chi connectivity index (χ2v) is 7.79. The second-order valence-electron chi connectivity index (χ2n) is 7.79. The van der Waals surface area contributed by atoms with Gasteiger partial charge in [0.2, 0.25) is 0 Å². The Bertz CT molecular complexity index is 244. The van der Waals surface area contributed by atoms with Crippen molar-refractivity contribution in [2.24, 2.45) is 11.3 Å². The van der Waals surface area contributed by atoms with Gasteiger partial charge in [0.1, 0.15) is 0 Å². The minimum atomic E-state index is 0.497. The van der Waals surface area contributed by atoms with Crippen molar-refractivity contribution >= 4 is 0 Å². The number of hydrogen-bond donors (Lipinski definition) is 1. The zero-order chi connectivity index (χ0) is 15.0. The molecule has 20 heavy (non-hydrogen) atoms. The first-order valence-electron chi connectivity index (χ1n) is 8.89. The molecule has 1 aliphatic rings. The Kier molecular flexibility index (Phi) is 8.13. The molecule has 0 saturated carbocycles. The van der Waals surface area contributed by atoms with Crippen LogP contribution in [0, 0.1) is 11.3 Å². The van der Waals surface area contributed by atoms with E-state index < -0.39 is 0 Å². The summed E-state index contributed by atoms with van der Waals surface area (Å²) in [5, 5.41) is 3.50. The van der Waals surface area contributed by atoms with Crippen molar-refractivity contribution in [3.05, 3.63) is 0 Å². The molecule has 0 radical (unpaired) electrons. The lowest BCUT2D eigenvalue weighted by atomic mass is 9.77. The van der Waals surface area contributed by atoms with E-state index in [-0.39, 0.29) is 0 Å². The molecule has 1 aliphatic heterocycles. The average molecular weight is 283 g/mol. The molecule has 0 aliphatic carbocycles. The highest BCUT2D eigenvalue weighted by Gasteiger charge is 2.26. The minimum Gasteiger partial charge on any atom is -0.315 e. The Labute approximate surface area is 127 Å². The lowest BCUT2D eigenvalue weighted by Gasteiger charge is -2.29. The molecule has 2 nitrogen and oxygen atoms in total. The number of nitrogens with one attached hydrogen (secondary N) is 1. The Morgan fingerprint density at radius 1 is 1.15 bits per heavy atom. The van der Waals surface area contributed by atoms with Crippen molar-refractivity contribution in [1.82, 2.24) is 10.2 Å². The van der Waals surface area contributed by atoms with E-state index in [9.17, 15) is 0 Å². The van der Waals surface area contributed by atoms with Crippen molar-refractivity contribution < 1.29 is 0 Å². The lowest BCUT2D eigenvalue weighted by molar-refractivity contribution is 0.207. The van der Waals surface area contributed by atoms with Crippen LogP contribution in [0.25, 0.3) is 0 Å². The van der Waals surface area contributed by atoms with Gasteiger partial charge in [0.15, 0.2) is 0 Å². The van der Waals surface area contributed by atoms with E-state index in [0.29, 0.717) is 11.5 Å². The van der Waals surface area contributed by atoms with Crippen molar-refractivity contribution in [2.75, 3.05) is 26.2 Å². The molecule has 0 spiro atoms. The molecule has 0 aromatic rings. The van der Waals surface area contributed by atoms with Gasteiger partial charge < -0.3 is 10.2 Å². The van der Waals surface area contributed by atoms with Gasteiger partial charge in [0, 0.05) is 6.04 Å². The van der Waals surface area contributed by atoms with Gasteiger partial charge in [0.05, 0.1) is 0 Å². The summed E-state index contributed by atoms with van der Waals surface area (Å²) >= 11 is 0. The maximum atomic E-state index is 3.50. The molecule has 0 aromatic heterocycles. The number of unbranched alkanes of at least 4 members (excludes halogenated alkanes) is 1. The topological polar surface area (TPSA) is 15.3 Å². The van der Waals surface area contributed by atoms with Crippen LogP contribution in [0.15, 0.2) is 0 Å². The highest BCUT2D eigenvalue weighted by atomic mass is 15.1. The maximum absolute atomic E-state index is 3.50. The fourth-order valence-corrected chi connectivity index (χ4v) is 3.48. The molecule has 120 valence electrons. The first kappa shape index (κ1) is 18.0. The van der Waals surface area contributed by atoms with Gasteiger partial charge in [-0.3, -0.25) is 0 Å². The number of rotatable bonds is 7. The normalized spacial score (nSPS) is 23.6. The van der Waals surface area contributed by atoms with Crippen molar-refractivity contribution in [1.29, 1.82) is 0 Å².